The van der Waals surface area contributed by atoms with E-state index in [1.54, 1.807) is 27.7 Å². The monoisotopic (exact) mass is 437 g/mol. The van der Waals surface area contributed by atoms with Gasteiger partial charge >= 0.3 is 0 Å². The molecule has 1 saturated heterocycles. The van der Waals surface area contributed by atoms with Crippen molar-refractivity contribution in [3.63, 3.8) is 0 Å². The van der Waals surface area contributed by atoms with Crippen LogP contribution in [-0.4, -0.2) is 48.1 Å². The van der Waals surface area contributed by atoms with Crippen molar-refractivity contribution in [1.29, 1.82) is 0 Å². The van der Waals surface area contributed by atoms with Crippen LogP contribution in [0.1, 0.15) is 48.5 Å². The lowest BCUT2D eigenvalue weighted by atomic mass is 10.1. The Labute approximate surface area is 176 Å². The van der Waals surface area contributed by atoms with Gasteiger partial charge < -0.3 is 9.47 Å². The normalized spacial score (nSPS) is 20.2. The van der Waals surface area contributed by atoms with E-state index in [1.807, 2.05) is 32.9 Å². The maximum absolute atomic E-state index is 13.4. The van der Waals surface area contributed by atoms with Crippen molar-refractivity contribution in [2.24, 2.45) is 0 Å². The number of nitrogens with zero attached hydrogens (tertiary/aromatic N) is 3. The van der Waals surface area contributed by atoms with Crippen LogP contribution in [-0.2, 0) is 10.0 Å². The van der Waals surface area contributed by atoms with Gasteiger partial charge in [0.1, 0.15) is 4.90 Å². The summed E-state index contributed by atoms with van der Waals surface area (Å²) in [5.41, 5.74) is 2.43. The molecule has 0 N–H and O–H groups in total. The molecule has 158 valence electrons. The first kappa shape index (κ1) is 20.6. The average Bonchev–Trinajstić information content (AvgIpc) is 3.15. The molecule has 0 radical (unpaired) electrons. The van der Waals surface area contributed by atoms with Crippen molar-refractivity contribution >= 4 is 21.8 Å². The van der Waals surface area contributed by atoms with Crippen molar-refractivity contribution in [1.82, 2.24) is 14.1 Å². The number of ether oxygens (including phenoxy) is 2. The van der Waals surface area contributed by atoms with Gasteiger partial charge in [0.05, 0.1) is 11.4 Å². The maximum atomic E-state index is 13.4. The van der Waals surface area contributed by atoms with Gasteiger partial charge in [0.2, 0.25) is 16.8 Å². The van der Waals surface area contributed by atoms with Crippen LogP contribution in [0.3, 0.4) is 0 Å². The molecule has 2 aromatic rings. The van der Waals surface area contributed by atoms with Gasteiger partial charge in [-0.1, -0.05) is 6.07 Å². The van der Waals surface area contributed by atoms with E-state index in [1.165, 1.54) is 0 Å². The van der Waals surface area contributed by atoms with Crippen molar-refractivity contribution in [3.05, 3.63) is 35.2 Å². The van der Waals surface area contributed by atoms with E-state index >= 15 is 0 Å². The molecule has 7 nitrogen and oxygen atoms in total. The van der Waals surface area contributed by atoms with Crippen LogP contribution in [0.2, 0.25) is 0 Å². The molecule has 1 aromatic heterocycles. The first-order valence-corrected chi connectivity index (χ1v) is 12.3. The summed E-state index contributed by atoms with van der Waals surface area (Å²) in [5, 5.41) is 4.70. The SMILES string of the molecule is Cc1nn(C(C)C)c(C)c1S(=O)(=O)N1CCS[C@@H](c2ccc3c(c2)OCO3)CC1. The Hall–Kier alpha value is -1.71. The van der Waals surface area contributed by atoms with Gasteiger partial charge in [0, 0.05) is 30.1 Å². The van der Waals surface area contributed by atoms with Crippen LogP contribution in [0.4, 0.5) is 0 Å². The van der Waals surface area contributed by atoms with E-state index in [9.17, 15) is 8.42 Å². The summed E-state index contributed by atoms with van der Waals surface area (Å²) in [5.74, 6) is 2.28. The van der Waals surface area contributed by atoms with Gasteiger partial charge in [-0.15, -0.1) is 0 Å². The molecule has 0 spiro atoms. The molecular weight excluding hydrogens is 410 g/mol. The summed E-state index contributed by atoms with van der Waals surface area (Å²) in [6.07, 6.45) is 0.750. The van der Waals surface area contributed by atoms with E-state index < -0.39 is 10.0 Å². The maximum Gasteiger partial charge on any atom is 0.246 e. The number of benzene rings is 1. The molecule has 2 aliphatic rings. The molecule has 4 rings (SSSR count). The third kappa shape index (κ3) is 3.75. The molecule has 0 aliphatic carbocycles. The van der Waals surface area contributed by atoms with Crippen molar-refractivity contribution in [2.75, 3.05) is 25.6 Å². The highest BCUT2D eigenvalue weighted by Gasteiger charge is 2.33. The summed E-state index contributed by atoms with van der Waals surface area (Å²) in [6.45, 7) is 8.88. The van der Waals surface area contributed by atoms with E-state index in [0.717, 1.165) is 29.2 Å². The van der Waals surface area contributed by atoms with Crippen molar-refractivity contribution in [2.45, 2.75) is 50.3 Å². The van der Waals surface area contributed by atoms with Crippen LogP contribution >= 0.6 is 11.8 Å². The van der Waals surface area contributed by atoms with Crippen LogP contribution in [0, 0.1) is 13.8 Å². The number of aromatic nitrogens is 2. The van der Waals surface area contributed by atoms with Gasteiger partial charge in [-0.2, -0.15) is 21.2 Å². The Morgan fingerprint density at radius 2 is 1.93 bits per heavy atom. The fourth-order valence-electron chi connectivity index (χ4n) is 4.02. The third-order valence-electron chi connectivity index (χ3n) is 5.41. The molecule has 1 fully saturated rings. The van der Waals surface area contributed by atoms with Crippen molar-refractivity contribution in [3.8, 4) is 11.5 Å². The van der Waals surface area contributed by atoms with Gasteiger partial charge in [-0.3, -0.25) is 4.68 Å². The molecule has 1 atom stereocenters. The van der Waals surface area contributed by atoms with Gasteiger partial charge in [0.15, 0.2) is 11.5 Å². The minimum Gasteiger partial charge on any atom is -0.454 e. The Balaban J connectivity index is 1.55. The second kappa shape index (κ2) is 7.85. The Morgan fingerprint density at radius 1 is 1.17 bits per heavy atom. The standard InChI is InChI=1S/C20H27N3O4S2/c1-13(2)23-15(4)20(14(3)21-23)29(24,25)22-8-7-19(28-10-9-22)16-5-6-17-18(11-16)27-12-26-17/h5-6,11,13,19H,7-10,12H2,1-4H3/t19-/m1/s1. The largest absolute Gasteiger partial charge is 0.454 e. The molecule has 29 heavy (non-hydrogen) atoms. The summed E-state index contributed by atoms with van der Waals surface area (Å²) in [6, 6.07) is 6.12. The van der Waals surface area contributed by atoms with E-state index in [2.05, 4.69) is 11.2 Å². The fourth-order valence-corrected chi connectivity index (χ4v) is 7.18. The van der Waals surface area contributed by atoms with Crippen LogP contribution in [0.25, 0.3) is 0 Å². The summed E-state index contributed by atoms with van der Waals surface area (Å²) < 4.78 is 41.2. The molecule has 3 heterocycles. The number of sulfonamides is 1. The molecule has 2 aliphatic heterocycles. The molecule has 9 heteroatoms. The number of fused-ring (bicyclic) bond motifs is 1. The second-order valence-electron chi connectivity index (χ2n) is 7.70. The predicted molar refractivity (Wildman–Crippen MR) is 113 cm³/mol. The second-order valence-corrected chi connectivity index (χ2v) is 10.9. The van der Waals surface area contributed by atoms with E-state index in [0.29, 0.717) is 29.4 Å². The van der Waals surface area contributed by atoms with E-state index in [-0.39, 0.29) is 18.1 Å². The summed E-state index contributed by atoms with van der Waals surface area (Å²) in [4.78, 5) is 0.359. The summed E-state index contributed by atoms with van der Waals surface area (Å²) >= 11 is 1.79. The zero-order valence-electron chi connectivity index (χ0n) is 17.2. The zero-order valence-corrected chi connectivity index (χ0v) is 18.8. The average molecular weight is 438 g/mol. The lowest BCUT2D eigenvalue weighted by molar-refractivity contribution is 0.174. The molecular formula is C20H27N3O4S2. The van der Waals surface area contributed by atoms with Crippen LogP contribution in [0.5, 0.6) is 11.5 Å². The lowest BCUT2D eigenvalue weighted by Crippen LogP contribution is -2.33. The van der Waals surface area contributed by atoms with Gasteiger partial charge in [-0.05, 0) is 51.8 Å². The predicted octanol–water partition coefficient (Wildman–Crippen LogP) is 3.68. The highest BCUT2D eigenvalue weighted by atomic mass is 32.2. The minimum atomic E-state index is -3.58. The number of rotatable bonds is 4. The molecule has 0 bridgehead atoms. The summed E-state index contributed by atoms with van der Waals surface area (Å²) in [7, 11) is -3.58. The Morgan fingerprint density at radius 3 is 2.66 bits per heavy atom. The Kier molecular flexibility index (Phi) is 5.56. The van der Waals surface area contributed by atoms with Gasteiger partial charge in [0.25, 0.3) is 0 Å². The quantitative estimate of drug-likeness (QED) is 0.727. The van der Waals surface area contributed by atoms with Gasteiger partial charge in [-0.25, -0.2) is 8.42 Å². The topological polar surface area (TPSA) is 73.7 Å². The number of hydrogen-bond donors (Lipinski definition) is 0. The first-order chi connectivity index (χ1) is 13.8. The number of aryl methyl sites for hydroxylation is 1. The highest BCUT2D eigenvalue weighted by molar-refractivity contribution is 7.99. The smallest absolute Gasteiger partial charge is 0.246 e. The van der Waals surface area contributed by atoms with Crippen molar-refractivity contribution < 1.29 is 17.9 Å². The molecule has 0 unspecified atom stereocenters. The number of thioether (sulfide) groups is 1. The van der Waals surface area contributed by atoms with E-state index in [4.69, 9.17) is 9.47 Å². The molecule has 0 amide bonds. The number of hydrogen-bond acceptors (Lipinski definition) is 6. The van der Waals surface area contributed by atoms with Crippen LogP contribution < -0.4 is 9.47 Å². The minimum absolute atomic E-state index is 0.118. The van der Waals surface area contributed by atoms with Crippen LogP contribution in [0.15, 0.2) is 23.1 Å². The molecule has 0 saturated carbocycles. The highest BCUT2D eigenvalue weighted by Crippen LogP contribution is 2.41. The third-order valence-corrected chi connectivity index (χ3v) is 8.89. The zero-order chi connectivity index (χ0) is 20.8. The Bertz CT molecular complexity index is 1020. The molecule has 1 aromatic carbocycles. The first-order valence-electron chi connectivity index (χ1n) is 9.86. The lowest BCUT2D eigenvalue weighted by Gasteiger charge is -2.20. The fraction of sp³-hybridized carbons (Fsp3) is 0.550.